The molecule has 0 bridgehead atoms. The highest BCUT2D eigenvalue weighted by molar-refractivity contribution is 5.97. The summed E-state index contributed by atoms with van der Waals surface area (Å²) in [4.78, 5) is 11.7. The van der Waals surface area contributed by atoms with Crippen LogP contribution in [-0.4, -0.2) is 33.9 Å². The van der Waals surface area contributed by atoms with E-state index in [4.69, 9.17) is 5.11 Å². The zero-order chi connectivity index (χ0) is 11.5. The van der Waals surface area contributed by atoms with Crippen molar-refractivity contribution in [1.82, 2.24) is 15.5 Å². The largest absolute Gasteiger partial charge is 0.394 e. The highest BCUT2D eigenvalue weighted by atomic mass is 16.3. The summed E-state index contributed by atoms with van der Waals surface area (Å²) in [7, 11) is 0. The van der Waals surface area contributed by atoms with Crippen LogP contribution in [0.1, 0.15) is 17.3 Å². The minimum absolute atomic E-state index is 0.0697. The molecule has 0 aliphatic rings. The molecule has 2 rings (SSSR count). The molecular weight excluding hydrogens is 206 g/mol. The summed E-state index contributed by atoms with van der Waals surface area (Å²) in [5.41, 5.74) is 1.46. The Morgan fingerprint density at radius 2 is 2.44 bits per heavy atom. The maximum Gasteiger partial charge on any atom is 0.251 e. The number of aromatic nitrogens is 2. The van der Waals surface area contributed by atoms with Crippen LogP contribution >= 0.6 is 0 Å². The second kappa shape index (κ2) is 4.32. The van der Waals surface area contributed by atoms with Gasteiger partial charge in [0, 0.05) is 17.0 Å². The number of amides is 1. The summed E-state index contributed by atoms with van der Waals surface area (Å²) in [5.74, 6) is -0.190. The molecule has 0 radical (unpaired) electrons. The Kier molecular flexibility index (Phi) is 2.87. The number of hydrogen-bond acceptors (Lipinski definition) is 3. The van der Waals surface area contributed by atoms with Gasteiger partial charge in [0.25, 0.3) is 5.91 Å². The van der Waals surface area contributed by atoms with Gasteiger partial charge in [-0.25, -0.2) is 0 Å². The van der Waals surface area contributed by atoms with Gasteiger partial charge in [0.1, 0.15) is 0 Å². The lowest BCUT2D eigenvalue weighted by Gasteiger charge is -2.10. The molecule has 1 aromatic carbocycles. The number of carbonyl (C=O) groups is 1. The Hall–Kier alpha value is -1.88. The smallest absolute Gasteiger partial charge is 0.251 e. The number of H-pyrrole nitrogens is 1. The van der Waals surface area contributed by atoms with E-state index in [1.807, 2.05) is 0 Å². The van der Waals surface area contributed by atoms with Crippen molar-refractivity contribution < 1.29 is 9.90 Å². The lowest BCUT2D eigenvalue weighted by atomic mass is 10.1. The third kappa shape index (κ3) is 2.04. The first-order valence-electron chi connectivity index (χ1n) is 5.05. The minimum Gasteiger partial charge on any atom is -0.394 e. The van der Waals surface area contributed by atoms with Crippen LogP contribution in [0.25, 0.3) is 10.9 Å². The zero-order valence-corrected chi connectivity index (χ0v) is 8.90. The maximum absolute atomic E-state index is 11.7. The van der Waals surface area contributed by atoms with Gasteiger partial charge in [-0.1, -0.05) is 0 Å². The fourth-order valence-electron chi connectivity index (χ4n) is 1.44. The van der Waals surface area contributed by atoms with Gasteiger partial charge in [-0.3, -0.25) is 9.89 Å². The van der Waals surface area contributed by atoms with Crippen LogP contribution in [-0.2, 0) is 0 Å². The van der Waals surface area contributed by atoms with E-state index < -0.39 is 0 Å². The van der Waals surface area contributed by atoms with Crippen molar-refractivity contribution in [3.8, 4) is 0 Å². The van der Waals surface area contributed by atoms with Crippen molar-refractivity contribution in [2.45, 2.75) is 13.0 Å². The minimum atomic E-state index is -0.243. The lowest BCUT2D eigenvalue weighted by Crippen LogP contribution is -2.34. The number of hydrogen-bond donors (Lipinski definition) is 3. The van der Waals surface area contributed by atoms with Gasteiger partial charge in [0.05, 0.1) is 18.3 Å². The lowest BCUT2D eigenvalue weighted by molar-refractivity contribution is 0.0922. The number of fused-ring (bicyclic) bond motifs is 1. The van der Waals surface area contributed by atoms with Crippen LogP contribution in [0.2, 0.25) is 0 Å². The maximum atomic E-state index is 11.7. The summed E-state index contributed by atoms with van der Waals surface area (Å²) in [6.07, 6.45) is 1.67. The van der Waals surface area contributed by atoms with Crippen molar-refractivity contribution in [3.05, 3.63) is 30.0 Å². The summed E-state index contributed by atoms with van der Waals surface area (Å²) >= 11 is 0. The Morgan fingerprint density at radius 1 is 1.62 bits per heavy atom. The molecule has 0 saturated heterocycles. The van der Waals surface area contributed by atoms with Gasteiger partial charge in [0.2, 0.25) is 0 Å². The third-order valence-corrected chi connectivity index (χ3v) is 2.35. The van der Waals surface area contributed by atoms with Gasteiger partial charge in [0.15, 0.2) is 0 Å². The molecule has 0 spiro atoms. The molecular formula is C11H13N3O2. The van der Waals surface area contributed by atoms with E-state index in [0.717, 1.165) is 10.9 Å². The van der Waals surface area contributed by atoms with Crippen LogP contribution < -0.4 is 5.32 Å². The van der Waals surface area contributed by atoms with E-state index in [-0.39, 0.29) is 18.6 Å². The van der Waals surface area contributed by atoms with Crippen molar-refractivity contribution in [2.75, 3.05) is 6.61 Å². The van der Waals surface area contributed by atoms with Gasteiger partial charge < -0.3 is 10.4 Å². The first-order chi connectivity index (χ1) is 7.70. The molecule has 5 heteroatoms. The Morgan fingerprint density at radius 3 is 3.19 bits per heavy atom. The van der Waals surface area contributed by atoms with E-state index in [1.54, 1.807) is 31.3 Å². The second-order valence-electron chi connectivity index (χ2n) is 3.73. The highest BCUT2D eigenvalue weighted by Gasteiger charge is 2.09. The quantitative estimate of drug-likeness (QED) is 0.710. The Balaban J connectivity index is 2.22. The van der Waals surface area contributed by atoms with E-state index in [0.29, 0.717) is 5.56 Å². The fourth-order valence-corrected chi connectivity index (χ4v) is 1.44. The molecule has 1 aromatic heterocycles. The number of nitrogens with one attached hydrogen (secondary N) is 2. The van der Waals surface area contributed by atoms with Crippen LogP contribution in [0.5, 0.6) is 0 Å². The molecule has 0 saturated carbocycles. The van der Waals surface area contributed by atoms with Crippen LogP contribution in [0.3, 0.4) is 0 Å². The van der Waals surface area contributed by atoms with Gasteiger partial charge in [-0.05, 0) is 25.1 Å². The molecule has 0 unspecified atom stereocenters. The van der Waals surface area contributed by atoms with E-state index >= 15 is 0 Å². The predicted molar refractivity (Wildman–Crippen MR) is 60.1 cm³/mol. The molecule has 0 aliphatic carbocycles. The van der Waals surface area contributed by atoms with Gasteiger partial charge in [-0.2, -0.15) is 5.10 Å². The van der Waals surface area contributed by atoms with Crippen molar-refractivity contribution in [2.24, 2.45) is 0 Å². The Bertz CT molecular complexity index is 507. The van der Waals surface area contributed by atoms with Crippen LogP contribution in [0.15, 0.2) is 24.4 Å². The molecule has 1 atom stereocenters. The Labute approximate surface area is 92.5 Å². The number of aliphatic hydroxyl groups is 1. The monoisotopic (exact) mass is 219 g/mol. The molecule has 1 amide bonds. The molecule has 5 nitrogen and oxygen atoms in total. The SMILES string of the molecule is C[C@H](CO)NC(=O)c1ccc2[nH]ncc2c1. The first-order valence-corrected chi connectivity index (χ1v) is 5.05. The molecule has 3 N–H and O–H groups in total. The second-order valence-corrected chi connectivity index (χ2v) is 3.73. The molecule has 2 aromatic rings. The first kappa shape index (κ1) is 10.6. The van der Waals surface area contributed by atoms with Gasteiger partial charge >= 0.3 is 0 Å². The average Bonchev–Trinajstić information content (AvgIpc) is 2.75. The van der Waals surface area contributed by atoms with Crippen molar-refractivity contribution >= 4 is 16.8 Å². The highest BCUT2D eigenvalue weighted by Crippen LogP contribution is 2.12. The molecule has 16 heavy (non-hydrogen) atoms. The van der Waals surface area contributed by atoms with E-state index in [1.165, 1.54) is 0 Å². The van der Waals surface area contributed by atoms with Gasteiger partial charge in [-0.15, -0.1) is 0 Å². The summed E-state index contributed by atoms with van der Waals surface area (Å²) in [6.45, 7) is 1.67. The van der Waals surface area contributed by atoms with Crippen molar-refractivity contribution in [3.63, 3.8) is 0 Å². The van der Waals surface area contributed by atoms with Crippen LogP contribution in [0.4, 0.5) is 0 Å². The summed E-state index contributed by atoms with van der Waals surface area (Å²) < 4.78 is 0. The zero-order valence-electron chi connectivity index (χ0n) is 8.90. The van der Waals surface area contributed by atoms with Crippen molar-refractivity contribution in [1.29, 1.82) is 0 Å². The standard InChI is InChI=1S/C11H13N3O2/c1-7(6-15)13-11(16)8-2-3-10-9(4-8)5-12-14-10/h2-5,7,15H,6H2,1H3,(H,12,14)(H,13,16)/t7-/m1/s1. The number of nitrogens with zero attached hydrogens (tertiary/aromatic N) is 1. The number of carbonyl (C=O) groups excluding carboxylic acids is 1. The number of benzene rings is 1. The molecule has 1 heterocycles. The summed E-state index contributed by atoms with van der Waals surface area (Å²) in [6, 6.07) is 5.05. The van der Waals surface area contributed by atoms with Crippen LogP contribution in [0, 0.1) is 0 Å². The van der Waals surface area contributed by atoms with E-state index in [2.05, 4.69) is 15.5 Å². The fraction of sp³-hybridized carbons (Fsp3) is 0.273. The predicted octanol–water partition coefficient (Wildman–Crippen LogP) is 0.673. The number of aliphatic hydroxyl groups excluding tert-OH is 1. The third-order valence-electron chi connectivity index (χ3n) is 2.35. The topological polar surface area (TPSA) is 78.0 Å². The molecule has 84 valence electrons. The normalized spacial score (nSPS) is 12.6. The van der Waals surface area contributed by atoms with E-state index in [9.17, 15) is 4.79 Å². The molecule has 0 fully saturated rings. The average molecular weight is 219 g/mol. The molecule has 0 aliphatic heterocycles. The number of aromatic amines is 1. The number of rotatable bonds is 3. The summed E-state index contributed by atoms with van der Waals surface area (Å²) in [5, 5.41) is 19.1.